The van der Waals surface area contributed by atoms with Gasteiger partial charge in [0.15, 0.2) is 0 Å². The summed E-state index contributed by atoms with van der Waals surface area (Å²) in [6, 6.07) is 23.3. The number of halogens is 1. The molecule has 4 rings (SSSR count). The number of ether oxygens (including phenoxy) is 1. The number of benzene rings is 3. The first-order valence-corrected chi connectivity index (χ1v) is 13.3. The Kier molecular flexibility index (Phi) is 9.03. The van der Waals surface area contributed by atoms with Crippen LogP contribution in [0.4, 0.5) is 5.69 Å². The number of hydrogen-bond donors (Lipinski definition) is 2. The van der Waals surface area contributed by atoms with E-state index in [9.17, 15) is 4.79 Å². The van der Waals surface area contributed by atoms with Crippen LogP contribution >= 0.6 is 11.6 Å². The summed E-state index contributed by atoms with van der Waals surface area (Å²) in [6.07, 6.45) is 5.44. The Bertz CT molecular complexity index is 1380. The Labute approximate surface area is 230 Å². The molecule has 0 aliphatic heterocycles. The van der Waals surface area contributed by atoms with Gasteiger partial charge in [-0.05, 0) is 92.1 Å². The number of carbonyl (C=O) groups excluding carboxylic acids is 1. The lowest BCUT2D eigenvalue weighted by Gasteiger charge is -2.18. The van der Waals surface area contributed by atoms with E-state index in [1.54, 1.807) is 7.11 Å². The van der Waals surface area contributed by atoms with Crippen molar-refractivity contribution in [3.8, 4) is 5.75 Å². The molecule has 0 bridgehead atoms. The van der Waals surface area contributed by atoms with E-state index in [4.69, 9.17) is 27.1 Å². The molecule has 1 amide bonds. The van der Waals surface area contributed by atoms with Crippen molar-refractivity contribution in [1.82, 2.24) is 5.32 Å². The van der Waals surface area contributed by atoms with Gasteiger partial charge >= 0.3 is 0 Å². The highest BCUT2D eigenvalue weighted by molar-refractivity contribution is 6.33. The zero-order chi connectivity index (χ0) is 27.1. The summed E-state index contributed by atoms with van der Waals surface area (Å²) >= 11 is 6.59. The molecule has 3 aromatic carbocycles. The van der Waals surface area contributed by atoms with Crippen molar-refractivity contribution in [3.05, 3.63) is 111 Å². The van der Waals surface area contributed by atoms with Crippen LogP contribution in [0, 0.1) is 6.92 Å². The summed E-state index contributed by atoms with van der Waals surface area (Å²) in [7, 11) is 1.65. The number of allylic oxidation sites excluding steroid dienone is 2. The van der Waals surface area contributed by atoms with E-state index in [0.717, 1.165) is 52.8 Å². The number of nitrogens with two attached hydrogens (primary N) is 1. The van der Waals surface area contributed by atoms with Crippen molar-refractivity contribution in [3.63, 3.8) is 0 Å². The van der Waals surface area contributed by atoms with Crippen LogP contribution in [0.25, 0.3) is 6.08 Å². The number of amides is 1. The molecule has 0 spiro atoms. The molecule has 1 aliphatic rings. The number of rotatable bonds is 6. The van der Waals surface area contributed by atoms with Gasteiger partial charge in [0.2, 0.25) is 0 Å². The Morgan fingerprint density at radius 3 is 2.45 bits per heavy atom. The number of methoxy groups -OCH3 is 1. The second-order valence-corrected chi connectivity index (χ2v) is 9.97. The predicted octanol–water partition coefficient (Wildman–Crippen LogP) is 7.48. The molecule has 5 nitrogen and oxygen atoms in total. The SMILES string of the molecule is COc1ccc(/C=C2\CCCC/C(=C(/N)C(=O)N[C@H](C)c3ccccc3)C2=Nc2ccc(C)cc2Cl)cc1. The summed E-state index contributed by atoms with van der Waals surface area (Å²) in [4.78, 5) is 18.4. The maximum absolute atomic E-state index is 13.4. The minimum atomic E-state index is -0.301. The van der Waals surface area contributed by atoms with E-state index in [0.29, 0.717) is 22.8 Å². The van der Waals surface area contributed by atoms with Gasteiger partial charge < -0.3 is 15.8 Å². The van der Waals surface area contributed by atoms with Crippen LogP contribution in [0.1, 0.15) is 55.3 Å². The molecule has 3 aromatic rings. The number of aryl methyl sites for hydroxylation is 1. The Balaban J connectivity index is 1.79. The topological polar surface area (TPSA) is 76.7 Å². The fourth-order valence-corrected chi connectivity index (χ4v) is 4.83. The van der Waals surface area contributed by atoms with Gasteiger partial charge in [0, 0.05) is 5.57 Å². The number of nitrogens with zero attached hydrogens (tertiary/aromatic N) is 1. The molecule has 0 heterocycles. The van der Waals surface area contributed by atoms with Crippen molar-refractivity contribution in [2.24, 2.45) is 10.7 Å². The monoisotopic (exact) mass is 527 g/mol. The van der Waals surface area contributed by atoms with Gasteiger partial charge in [0.25, 0.3) is 5.91 Å². The van der Waals surface area contributed by atoms with Gasteiger partial charge in [-0.15, -0.1) is 0 Å². The second kappa shape index (κ2) is 12.6. The smallest absolute Gasteiger partial charge is 0.267 e. The fraction of sp³-hybridized carbons (Fsp3) is 0.250. The van der Waals surface area contributed by atoms with Gasteiger partial charge in [0.1, 0.15) is 11.4 Å². The molecule has 1 fully saturated rings. The second-order valence-electron chi connectivity index (χ2n) is 9.56. The van der Waals surface area contributed by atoms with Crippen LogP contribution in [-0.4, -0.2) is 18.7 Å². The standard InChI is InChI=1S/C32H34ClN3O2/c1-21-13-18-29(28(33)19-21)36-31-25(20-23-14-16-26(38-3)17-15-23)11-7-8-12-27(31)30(34)32(37)35-22(2)24-9-5-4-6-10-24/h4-6,9-10,13-20,22H,7-8,11-12,34H2,1-3H3,(H,35,37)/b25-20+,30-27-,36-31?/t22-/m1/s1. The van der Waals surface area contributed by atoms with Gasteiger partial charge in [-0.3, -0.25) is 4.79 Å². The van der Waals surface area contributed by atoms with Crippen molar-refractivity contribution in [2.75, 3.05) is 7.11 Å². The molecule has 196 valence electrons. The summed E-state index contributed by atoms with van der Waals surface area (Å²) in [5, 5.41) is 3.62. The van der Waals surface area contributed by atoms with Gasteiger partial charge in [-0.1, -0.05) is 60.1 Å². The van der Waals surface area contributed by atoms with E-state index >= 15 is 0 Å². The van der Waals surface area contributed by atoms with E-state index in [-0.39, 0.29) is 17.6 Å². The van der Waals surface area contributed by atoms with E-state index in [2.05, 4.69) is 11.4 Å². The summed E-state index contributed by atoms with van der Waals surface area (Å²) in [5.41, 5.74) is 13.0. The average Bonchev–Trinajstić information content (AvgIpc) is 3.12. The highest BCUT2D eigenvalue weighted by Gasteiger charge is 2.24. The van der Waals surface area contributed by atoms with Crippen LogP contribution in [0.3, 0.4) is 0 Å². The molecule has 0 unspecified atom stereocenters. The minimum absolute atomic E-state index is 0.185. The van der Waals surface area contributed by atoms with Crippen LogP contribution in [-0.2, 0) is 4.79 Å². The lowest BCUT2D eigenvalue weighted by Crippen LogP contribution is -2.33. The van der Waals surface area contributed by atoms with Crippen LogP contribution in [0.5, 0.6) is 5.75 Å². The minimum Gasteiger partial charge on any atom is -0.497 e. The number of hydrogen-bond acceptors (Lipinski definition) is 4. The molecular formula is C32H34ClN3O2. The average molecular weight is 528 g/mol. The summed E-state index contributed by atoms with van der Waals surface area (Å²) in [6.45, 7) is 3.94. The first-order chi connectivity index (χ1) is 18.4. The van der Waals surface area contributed by atoms with Crippen LogP contribution < -0.4 is 15.8 Å². The fourth-order valence-electron chi connectivity index (χ4n) is 4.55. The molecule has 0 radical (unpaired) electrons. The molecular weight excluding hydrogens is 494 g/mol. The maximum atomic E-state index is 13.4. The Morgan fingerprint density at radius 2 is 1.76 bits per heavy atom. The molecule has 0 aromatic heterocycles. The molecule has 38 heavy (non-hydrogen) atoms. The lowest BCUT2D eigenvalue weighted by atomic mass is 9.96. The van der Waals surface area contributed by atoms with Crippen molar-refractivity contribution in [2.45, 2.75) is 45.6 Å². The highest BCUT2D eigenvalue weighted by atomic mass is 35.5. The van der Waals surface area contributed by atoms with Crippen LogP contribution in [0.2, 0.25) is 5.02 Å². The number of nitrogens with one attached hydrogen (secondary N) is 1. The molecule has 1 atom stereocenters. The first-order valence-electron chi connectivity index (χ1n) is 12.9. The van der Waals surface area contributed by atoms with E-state index in [1.165, 1.54) is 0 Å². The number of aliphatic imine (C=N–C) groups is 1. The summed E-state index contributed by atoms with van der Waals surface area (Å²) < 4.78 is 5.31. The number of carbonyl (C=O) groups is 1. The Hall–Kier alpha value is -3.83. The largest absolute Gasteiger partial charge is 0.497 e. The lowest BCUT2D eigenvalue weighted by molar-refractivity contribution is -0.118. The highest BCUT2D eigenvalue weighted by Crippen LogP contribution is 2.33. The molecule has 0 saturated heterocycles. The van der Waals surface area contributed by atoms with Crippen molar-refractivity contribution >= 4 is 35.0 Å². The molecule has 1 aliphatic carbocycles. The molecule has 3 N–H and O–H groups in total. The predicted molar refractivity (Wildman–Crippen MR) is 157 cm³/mol. The maximum Gasteiger partial charge on any atom is 0.267 e. The first kappa shape index (κ1) is 27.2. The van der Waals surface area contributed by atoms with E-state index < -0.39 is 0 Å². The third-order valence-electron chi connectivity index (χ3n) is 6.72. The van der Waals surface area contributed by atoms with Crippen LogP contribution in [0.15, 0.2) is 94.6 Å². The summed E-state index contributed by atoms with van der Waals surface area (Å²) in [5.74, 6) is 0.493. The Morgan fingerprint density at radius 1 is 1.05 bits per heavy atom. The molecule has 1 saturated carbocycles. The third kappa shape index (κ3) is 6.73. The van der Waals surface area contributed by atoms with Gasteiger partial charge in [-0.2, -0.15) is 0 Å². The van der Waals surface area contributed by atoms with Crippen molar-refractivity contribution < 1.29 is 9.53 Å². The van der Waals surface area contributed by atoms with Crippen molar-refractivity contribution in [1.29, 1.82) is 0 Å². The normalized spacial score (nSPS) is 18.1. The van der Waals surface area contributed by atoms with Gasteiger partial charge in [0.05, 0.1) is 29.6 Å². The zero-order valence-corrected chi connectivity index (χ0v) is 22.9. The quantitative estimate of drug-likeness (QED) is 0.258. The van der Waals surface area contributed by atoms with E-state index in [1.807, 2.05) is 86.6 Å². The van der Waals surface area contributed by atoms with Gasteiger partial charge in [-0.25, -0.2) is 4.99 Å². The zero-order valence-electron chi connectivity index (χ0n) is 22.1. The molecule has 6 heteroatoms. The third-order valence-corrected chi connectivity index (χ3v) is 7.02.